The maximum absolute atomic E-state index is 14.1. The number of methoxy groups -OCH3 is 2. The lowest BCUT2D eigenvalue weighted by Crippen LogP contribution is -2.07. The van der Waals surface area contributed by atoms with Crippen LogP contribution in [0.3, 0.4) is 0 Å². The summed E-state index contributed by atoms with van der Waals surface area (Å²) in [6.07, 6.45) is 0.811. The summed E-state index contributed by atoms with van der Waals surface area (Å²) in [5.74, 6) is 6.93. The minimum Gasteiger partial charge on any atom is -0.493 e. The molecule has 0 fully saturated rings. The van der Waals surface area contributed by atoms with Gasteiger partial charge in [0.25, 0.3) is 0 Å². The molecular formula is C16H21FO2. The molecule has 0 aromatic heterocycles. The third-order valence-corrected chi connectivity index (χ3v) is 3.25. The van der Waals surface area contributed by atoms with Gasteiger partial charge in [0.2, 0.25) is 0 Å². The minimum absolute atomic E-state index is 0.00106. The quantitative estimate of drug-likeness (QED) is 0.765. The van der Waals surface area contributed by atoms with Gasteiger partial charge < -0.3 is 9.47 Å². The van der Waals surface area contributed by atoms with Crippen molar-refractivity contribution in [3.63, 3.8) is 0 Å². The van der Waals surface area contributed by atoms with Crippen LogP contribution in [-0.4, -0.2) is 14.2 Å². The summed E-state index contributed by atoms with van der Waals surface area (Å²) in [5, 5.41) is 0. The third-order valence-electron chi connectivity index (χ3n) is 3.25. The number of ether oxygens (including phenoxy) is 2. The van der Waals surface area contributed by atoms with Crippen molar-refractivity contribution in [2.24, 2.45) is 5.92 Å². The van der Waals surface area contributed by atoms with Crippen molar-refractivity contribution in [2.45, 2.75) is 33.1 Å². The van der Waals surface area contributed by atoms with E-state index in [9.17, 15) is 4.39 Å². The number of halogens is 1. The smallest absolute Gasteiger partial charge is 0.163 e. The lowest BCUT2D eigenvalue weighted by Gasteiger charge is -2.18. The summed E-state index contributed by atoms with van der Waals surface area (Å²) in [7, 11) is 3.04. The van der Waals surface area contributed by atoms with E-state index in [4.69, 9.17) is 9.47 Å². The molecule has 0 radical (unpaired) electrons. The Balaban J connectivity index is 3.12. The fraction of sp³-hybridized carbons (Fsp3) is 0.500. The molecule has 0 aliphatic heterocycles. The Hall–Kier alpha value is -1.69. The largest absolute Gasteiger partial charge is 0.493 e. The topological polar surface area (TPSA) is 18.5 Å². The van der Waals surface area contributed by atoms with Gasteiger partial charge in [-0.2, -0.15) is 0 Å². The standard InChI is InChI=1S/C16H21FO2/c1-6-7-8-11(2)12(3)13-9-15(18-4)16(19-5)10-14(13)17/h9-12H,6H2,1-5H3. The maximum atomic E-state index is 14.1. The van der Waals surface area contributed by atoms with Crippen LogP contribution in [0.1, 0.15) is 38.7 Å². The highest BCUT2D eigenvalue weighted by Gasteiger charge is 2.19. The molecule has 1 aromatic rings. The SMILES string of the molecule is CCC#CC(C)C(C)c1cc(OC)c(OC)cc1F. The molecule has 0 spiro atoms. The summed E-state index contributed by atoms with van der Waals surface area (Å²) in [4.78, 5) is 0. The number of hydrogen-bond donors (Lipinski definition) is 0. The van der Waals surface area contributed by atoms with Gasteiger partial charge in [-0.05, 0) is 17.5 Å². The van der Waals surface area contributed by atoms with Crippen molar-refractivity contribution >= 4 is 0 Å². The average Bonchev–Trinajstić information content (AvgIpc) is 2.43. The Bertz CT molecular complexity index is 486. The van der Waals surface area contributed by atoms with E-state index in [1.54, 1.807) is 13.2 Å². The fourth-order valence-corrected chi connectivity index (χ4v) is 1.88. The van der Waals surface area contributed by atoms with Gasteiger partial charge in [-0.15, -0.1) is 5.92 Å². The van der Waals surface area contributed by atoms with E-state index in [1.807, 2.05) is 20.8 Å². The van der Waals surface area contributed by atoms with E-state index < -0.39 is 0 Å². The lowest BCUT2D eigenvalue weighted by atomic mass is 9.88. The van der Waals surface area contributed by atoms with Gasteiger partial charge in [-0.3, -0.25) is 0 Å². The van der Waals surface area contributed by atoms with Gasteiger partial charge >= 0.3 is 0 Å². The summed E-state index contributed by atoms with van der Waals surface area (Å²) in [6, 6.07) is 3.06. The summed E-state index contributed by atoms with van der Waals surface area (Å²) >= 11 is 0. The molecule has 0 aliphatic carbocycles. The highest BCUT2D eigenvalue weighted by Crippen LogP contribution is 2.35. The summed E-state index contributed by atoms with van der Waals surface area (Å²) < 4.78 is 24.4. The molecule has 2 unspecified atom stereocenters. The average molecular weight is 264 g/mol. The Morgan fingerprint density at radius 2 is 1.74 bits per heavy atom. The molecule has 2 nitrogen and oxygen atoms in total. The van der Waals surface area contributed by atoms with Crippen LogP contribution in [0.15, 0.2) is 12.1 Å². The summed E-state index contributed by atoms with van der Waals surface area (Å²) in [6.45, 7) is 5.98. The molecule has 0 saturated carbocycles. The zero-order valence-electron chi connectivity index (χ0n) is 12.2. The second kappa shape index (κ2) is 7.04. The van der Waals surface area contributed by atoms with Crippen molar-refractivity contribution in [1.82, 2.24) is 0 Å². The summed E-state index contributed by atoms with van der Waals surface area (Å²) in [5.41, 5.74) is 0.607. The zero-order valence-corrected chi connectivity index (χ0v) is 12.2. The Morgan fingerprint density at radius 1 is 1.16 bits per heavy atom. The van der Waals surface area contributed by atoms with Crippen LogP contribution in [-0.2, 0) is 0 Å². The molecule has 0 aliphatic rings. The van der Waals surface area contributed by atoms with Crippen molar-refractivity contribution in [3.8, 4) is 23.3 Å². The van der Waals surface area contributed by atoms with Crippen molar-refractivity contribution in [1.29, 1.82) is 0 Å². The number of benzene rings is 1. The molecule has 3 heteroatoms. The Labute approximate surface area is 114 Å². The predicted molar refractivity (Wildman–Crippen MR) is 75.2 cm³/mol. The van der Waals surface area contributed by atoms with Gasteiger partial charge in [0.15, 0.2) is 11.5 Å². The highest BCUT2D eigenvalue weighted by molar-refractivity contribution is 5.45. The molecule has 2 atom stereocenters. The van der Waals surface area contributed by atoms with E-state index in [0.717, 1.165) is 6.42 Å². The zero-order chi connectivity index (χ0) is 14.4. The van der Waals surface area contributed by atoms with Crippen LogP contribution in [0.25, 0.3) is 0 Å². The van der Waals surface area contributed by atoms with Crippen LogP contribution < -0.4 is 9.47 Å². The molecule has 0 heterocycles. The first-order valence-electron chi connectivity index (χ1n) is 6.44. The monoisotopic (exact) mass is 264 g/mol. The van der Waals surface area contributed by atoms with Gasteiger partial charge in [-0.25, -0.2) is 4.39 Å². The molecule has 0 saturated heterocycles. The van der Waals surface area contributed by atoms with Crippen molar-refractivity contribution in [2.75, 3.05) is 14.2 Å². The Kier molecular flexibility index (Phi) is 5.69. The first-order chi connectivity index (χ1) is 9.04. The number of rotatable bonds is 4. The van der Waals surface area contributed by atoms with E-state index in [-0.39, 0.29) is 17.7 Å². The molecule has 1 aromatic carbocycles. The van der Waals surface area contributed by atoms with Gasteiger partial charge in [0, 0.05) is 18.4 Å². The van der Waals surface area contributed by atoms with Gasteiger partial charge in [0.1, 0.15) is 5.82 Å². The molecule has 104 valence electrons. The van der Waals surface area contributed by atoms with Crippen LogP contribution in [0.4, 0.5) is 4.39 Å². The van der Waals surface area contributed by atoms with Crippen LogP contribution >= 0.6 is 0 Å². The highest BCUT2D eigenvalue weighted by atomic mass is 19.1. The normalized spacial score (nSPS) is 13.2. The van der Waals surface area contributed by atoms with Crippen LogP contribution in [0, 0.1) is 23.6 Å². The molecule has 0 amide bonds. The molecule has 1 rings (SSSR count). The first-order valence-corrected chi connectivity index (χ1v) is 6.44. The molecule has 0 N–H and O–H groups in total. The van der Waals surface area contributed by atoms with E-state index in [2.05, 4.69) is 11.8 Å². The van der Waals surface area contributed by atoms with Gasteiger partial charge in [-0.1, -0.05) is 26.7 Å². The first kappa shape index (κ1) is 15.4. The minimum atomic E-state index is -0.282. The molecule has 0 bridgehead atoms. The lowest BCUT2D eigenvalue weighted by molar-refractivity contribution is 0.350. The maximum Gasteiger partial charge on any atom is 0.163 e. The van der Waals surface area contributed by atoms with Crippen molar-refractivity contribution < 1.29 is 13.9 Å². The van der Waals surface area contributed by atoms with Gasteiger partial charge in [0.05, 0.1) is 14.2 Å². The molecule has 19 heavy (non-hydrogen) atoms. The predicted octanol–water partition coefficient (Wildman–Crippen LogP) is 4.00. The van der Waals surface area contributed by atoms with E-state index in [1.165, 1.54) is 13.2 Å². The van der Waals surface area contributed by atoms with E-state index in [0.29, 0.717) is 17.1 Å². The fourth-order valence-electron chi connectivity index (χ4n) is 1.88. The van der Waals surface area contributed by atoms with Crippen LogP contribution in [0.5, 0.6) is 11.5 Å². The number of hydrogen-bond acceptors (Lipinski definition) is 2. The second-order valence-electron chi connectivity index (χ2n) is 4.48. The third kappa shape index (κ3) is 3.64. The van der Waals surface area contributed by atoms with Crippen molar-refractivity contribution in [3.05, 3.63) is 23.5 Å². The van der Waals surface area contributed by atoms with E-state index >= 15 is 0 Å². The molecular weight excluding hydrogens is 243 g/mol. The van der Waals surface area contributed by atoms with Crippen LogP contribution in [0.2, 0.25) is 0 Å². The Morgan fingerprint density at radius 3 is 2.26 bits per heavy atom. The second-order valence-corrected chi connectivity index (χ2v) is 4.48.